The Morgan fingerprint density at radius 1 is 1.17 bits per heavy atom. The van der Waals surface area contributed by atoms with Crippen molar-refractivity contribution in [1.29, 1.82) is 0 Å². The zero-order valence-electron chi connectivity index (χ0n) is 8.64. The standard InChI is InChI=1S/C11H5BrCl3NO2/c12-10-5(1-2-18-10)11(17)16-9-4-7(14)6(13)3-8(9)15/h1-4H,(H,16,17). The van der Waals surface area contributed by atoms with Gasteiger partial charge in [-0.1, -0.05) is 34.8 Å². The van der Waals surface area contributed by atoms with E-state index in [1.165, 1.54) is 24.5 Å². The number of carbonyl (C=O) groups is 1. The second-order valence-electron chi connectivity index (χ2n) is 3.31. The summed E-state index contributed by atoms with van der Waals surface area (Å²) in [5.74, 6) is -0.365. The second kappa shape index (κ2) is 5.53. The number of benzene rings is 1. The Bertz CT molecular complexity index is 612. The van der Waals surface area contributed by atoms with E-state index in [1.54, 1.807) is 0 Å². The molecule has 3 nitrogen and oxygen atoms in total. The molecule has 2 aromatic rings. The molecular weight excluding hydrogens is 364 g/mol. The molecule has 1 N–H and O–H groups in total. The summed E-state index contributed by atoms with van der Waals surface area (Å²) < 4.78 is 5.32. The Balaban J connectivity index is 2.28. The van der Waals surface area contributed by atoms with Crippen molar-refractivity contribution in [2.24, 2.45) is 0 Å². The molecule has 1 aromatic heterocycles. The van der Waals surface area contributed by atoms with Gasteiger partial charge in [0.15, 0.2) is 4.67 Å². The zero-order chi connectivity index (χ0) is 13.3. The van der Waals surface area contributed by atoms with Crippen LogP contribution in [0.5, 0.6) is 0 Å². The lowest BCUT2D eigenvalue weighted by molar-refractivity contribution is 0.102. The molecule has 0 saturated heterocycles. The molecule has 0 fully saturated rings. The third-order valence-corrected chi connectivity index (χ3v) is 3.77. The van der Waals surface area contributed by atoms with E-state index < -0.39 is 0 Å². The molecule has 1 aromatic carbocycles. The number of hydrogen-bond acceptors (Lipinski definition) is 2. The van der Waals surface area contributed by atoms with Crippen molar-refractivity contribution in [3.8, 4) is 0 Å². The second-order valence-corrected chi connectivity index (χ2v) is 5.25. The summed E-state index contributed by atoms with van der Waals surface area (Å²) in [6.45, 7) is 0. The summed E-state index contributed by atoms with van der Waals surface area (Å²) in [4.78, 5) is 11.9. The van der Waals surface area contributed by atoms with Crippen molar-refractivity contribution >= 4 is 62.3 Å². The van der Waals surface area contributed by atoms with E-state index in [-0.39, 0.29) is 5.91 Å². The summed E-state index contributed by atoms with van der Waals surface area (Å²) in [6, 6.07) is 4.48. The highest BCUT2D eigenvalue weighted by atomic mass is 79.9. The zero-order valence-corrected chi connectivity index (χ0v) is 12.5. The molecule has 0 saturated carbocycles. The van der Waals surface area contributed by atoms with Crippen LogP contribution in [-0.2, 0) is 0 Å². The van der Waals surface area contributed by atoms with Crippen LogP contribution in [0.15, 0.2) is 33.5 Å². The van der Waals surface area contributed by atoms with Gasteiger partial charge in [0, 0.05) is 0 Å². The van der Waals surface area contributed by atoms with Gasteiger partial charge < -0.3 is 9.73 Å². The van der Waals surface area contributed by atoms with Gasteiger partial charge in [0.1, 0.15) is 0 Å². The Kier molecular flexibility index (Phi) is 4.22. The summed E-state index contributed by atoms with van der Waals surface area (Å²) in [6.07, 6.45) is 1.40. The van der Waals surface area contributed by atoms with Gasteiger partial charge in [-0.15, -0.1) is 0 Å². The monoisotopic (exact) mass is 367 g/mol. The van der Waals surface area contributed by atoms with Gasteiger partial charge in [0.2, 0.25) is 0 Å². The third-order valence-electron chi connectivity index (χ3n) is 2.12. The van der Waals surface area contributed by atoms with Gasteiger partial charge in [0.05, 0.1) is 32.6 Å². The lowest BCUT2D eigenvalue weighted by Crippen LogP contribution is -2.11. The third kappa shape index (κ3) is 2.83. The maximum absolute atomic E-state index is 11.9. The minimum absolute atomic E-state index is 0.303. The van der Waals surface area contributed by atoms with E-state index in [9.17, 15) is 4.79 Å². The van der Waals surface area contributed by atoms with Crippen molar-refractivity contribution in [2.75, 3.05) is 5.32 Å². The molecule has 1 heterocycles. The average molecular weight is 369 g/mol. The molecule has 7 heteroatoms. The molecule has 0 unspecified atom stereocenters. The fourth-order valence-electron chi connectivity index (χ4n) is 1.26. The SMILES string of the molecule is O=C(Nc1cc(Cl)c(Cl)cc1Cl)c1ccoc1Br. The Morgan fingerprint density at radius 3 is 2.44 bits per heavy atom. The van der Waals surface area contributed by atoms with Crippen LogP contribution in [0.2, 0.25) is 15.1 Å². The lowest BCUT2D eigenvalue weighted by atomic mass is 10.2. The predicted molar refractivity (Wildman–Crippen MR) is 75.8 cm³/mol. The van der Waals surface area contributed by atoms with Crippen LogP contribution in [0, 0.1) is 0 Å². The molecule has 0 radical (unpaired) electrons. The van der Waals surface area contributed by atoms with Crippen molar-refractivity contribution < 1.29 is 9.21 Å². The maximum Gasteiger partial charge on any atom is 0.260 e. The van der Waals surface area contributed by atoms with Gasteiger partial charge in [-0.25, -0.2) is 0 Å². The molecule has 18 heavy (non-hydrogen) atoms. The predicted octanol–water partition coefficient (Wildman–Crippen LogP) is 5.25. The number of nitrogens with one attached hydrogen (secondary N) is 1. The first kappa shape index (κ1) is 13.7. The van der Waals surface area contributed by atoms with E-state index in [0.29, 0.717) is 31.0 Å². The summed E-state index contributed by atoms with van der Waals surface area (Å²) in [5.41, 5.74) is 0.737. The largest absolute Gasteiger partial charge is 0.457 e. The van der Waals surface area contributed by atoms with Crippen LogP contribution >= 0.6 is 50.7 Å². The van der Waals surface area contributed by atoms with E-state index >= 15 is 0 Å². The maximum atomic E-state index is 11.9. The normalized spacial score (nSPS) is 10.4. The van der Waals surface area contributed by atoms with Gasteiger partial charge in [-0.2, -0.15) is 0 Å². The molecule has 94 valence electrons. The van der Waals surface area contributed by atoms with Crippen molar-refractivity contribution in [1.82, 2.24) is 0 Å². The first-order valence-corrected chi connectivity index (χ1v) is 6.60. The first-order valence-electron chi connectivity index (χ1n) is 4.68. The quantitative estimate of drug-likeness (QED) is 0.734. The van der Waals surface area contributed by atoms with Crippen LogP contribution in [0.4, 0.5) is 5.69 Å². The minimum Gasteiger partial charge on any atom is -0.457 e. The van der Waals surface area contributed by atoms with Crippen LogP contribution in [0.1, 0.15) is 10.4 Å². The molecule has 0 aliphatic carbocycles. The smallest absolute Gasteiger partial charge is 0.260 e. The van der Waals surface area contributed by atoms with E-state index in [1.807, 2.05) is 0 Å². The molecular formula is C11H5BrCl3NO2. The molecule has 0 bridgehead atoms. The van der Waals surface area contributed by atoms with Gasteiger partial charge >= 0.3 is 0 Å². The number of amides is 1. The highest BCUT2D eigenvalue weighted by Crippen LogP contribution is 2.32. The van der Waals surface area contributed by atoms with Crippen LogP contribution in [0.3, 0.4) is 0 Å². The van der Waals surface area contributed by atoms with Crippen LogP contribution in [-0.4, -0.2) is 5.91 Å². The van der Waals surface area contributed by atoms with Crippen LogP contribution < -0.4 is 5.32 Å². The number of furan rings is 1. The fourth-order valence-corrected chi connectivity index (χ4v) is 2.28. The first-order chi connectivity index (χ1) is 8.49. The van der Waals surface area contributed by atoms with Gasteiger partial charge in [-0.05, 0) is 34.1 Å². The van der Waals surface area contributed by atoms with Crippen molar-refractivity contribution in [3.63, 3.8) is 0 Å². The summed E-state index contributed by atoms with van der Waals surface area (Å²) in [7, 11) is 0. The number of hydrogen-bond donors (Lipinski definition) is 1. The molecule has 0 spiro atoms. The highest BCUT2D eigenvalue weighted by molar-refractivity contribution is 9.10. The van der Waals surface area contributed by atoms with E-state index in [0.717, 1.165) is 0 Å². The van der Waals surface area contributed by atoms with E-state index in [2.05, 4.69) is 21.2 Å². The fraction of sp³-hybridized carbons (Fsp3) is 0. The average Bonchev–Trinajstić information content (AvgIpc) is 2.72. The molecule has 0 aliphatic rings. The highest BCUT2D eigenvalue weighted by Gasteiger charge is 2.15. The number of carbonyl (C=O) groups excluding carboxylic acids is 1. The summed E-state index contributed by atoms with van der Waals surface area (Å²) in [5, 5.41) is 3.55. The van der Waals surface area contributed by atoms with Crippen molar-refractivity contribution in [2.45, 2.75) is 0 Å². The lowest BCUT2D eigenvalue weighted by Gasteiger charge is -2.07. The molecule has 0 aliphatic heterocycles. The Morgan fingerprint density at radius 2 is 1.83 bits per heavy atom. The van der Waals surface area contributed by atoms with E-state index in [4.69, 9.17) is 39.2 Å². The van der Waals surface area contributed by atoms with Gasteiger partial charge in [0.25, 0.3) is 5.91 Å². The topological polar surface area (TPSA) is 42.2 Å². The number of anilines is 1. The Hall–Kier alpha value is -0.680. The number of rotatable bonds is 2. The molecule has 1 amide bonds. The van der Waals surface area contributed by atoms with Gasteiger partial charge in [-0.3, -0.25) is 4.79 Å². The van der Waals surface area contributed by atoms with Crippen LogP contribution in [0.25, 0.3) is 0 Å². The summed E-state index contributed by atoms with van der Waals surface area (Å²) >= 11 is 20.7. The Labute approximate surface area is 126 Å². The van der Waals surface area contributed by atoms with Crippen molar-refractivity contribution in [3.05, 3.63) is 49.8 Å². The minimum atomic E-state index is -0.365. The molecule has 2 rings (SSSR count). The number of halogens is 4. The molecule has 0 atom stereocenters.